The van der Waals surface area contributed by atoms with Gasteiger partial charge >= 0.3 is 19.8 Å². The fourth-order valence-corrected chi connectivity index (χ4v) is 2.48. The number of rotatable bonds is 2. The summed E-state index contributed by atoms with van der Waals surface area (Å²) in [5.41, 5.74) is 1.81. The molecule has 0 aromatic carbocycles. The molecule has 0 saturated carbocycles. The second-order valence-electron chi connectivity index (χ2n) is 6.22. The SMILES string of the molecule is Cn1ccnc1-c1ccccn1.Cn1ccnc1-c1ccccn1.Cn1cncn1.[Cl-].[Cl-].[Cl-].[Os+4]. The smallest absolute Gasteiger partial charge is 1.00 e. The third-order valence-electron chi connectivity index (χ3n) is 3.96. The Morgan fingerprint density at radius 2 is 1.09 bits per heavy atom. The van der Waals surface area contributed by atoms with Crippen molar-refractivity contribution in [3.63, 3.8) is 0 Å². The maximum atomic E-state index is 4.20. The van der Waals surface area contributed by atoms with E-state index in [1.54, 1.807) is 35.8 Å². The third-order valence-corrected chi connectivity index (χ3v) is 3.96. The van der Waals surface area contributed by atoms with Crippen LogP contribution in [-0.4, -0.2) is 43.8 Å². The van der Waals surface area contributed by atoms with Gasteiger partial charge in [-0.2, -0.15) is 5.10 Å². The number of imidazole rings is 2. The average molecular weight is 698 g/mol. The molecule has 5 aromatic heterocycles. The van der Waals surface area contributed by atoms with E-state index < -0.39 is 0 Å². The van der Waals surface area contributed by atoms with Crippen LogP contribution in [0.2, 0.25) is 0 Å². The summed E-state index contributed by atoms with van der Waals surface area (Å²) in [6.07, 6.45) is 14.0. The first kappa shape index (κ1) is 33.5. The molecule has 0 aliphatic carbocycles. The molecule has 0 saturated heterocycles. The molecule has 0 aliphatic rings. The van der Waals surface area contributed by atoms with Crippen molar-refractivity contribution in [2.24, 2.45) is 21.1 Å². The molecule has 5 heterocycles. The van der Waals surface area contributed by atoms with Gasteiger partial charge < -0.3 is 46.4 Å². The Morgan fingerprint density at radius 1 is 0.618 bits per heavy atom. The molecule has 5 rings (SSSR count). The molecule has 34 heavy (non-hydrogen) atoms. The van der Waals surface area contributed by atoms with Crippen LogP contribution in [0, 0.1) is 0 Å². The van der Waals surface area contributed by atoms with E-state index in [-0.39, 0.29) is 57.0 Å². The Balaban J connectivity index is 0. The monoisotopic (exact) mass is 698 g/mol. The van der Waals surface area contributed by atoms with Gasteiger partial charge in [0.05, 0.1) is 0 Å². The number of aromatic nitrogens is 9. The van der Waals surface area contributed by atoms with Crippen molar-refractivity contribution in [1.82, 2.24) is 43.8 Å². The van der Waals surface area contributed by atoms with Crippen LogP contribution in [-0.2, 0) is 40.9 Å². The molecule has 0 unspecified atom stereocenters. The molecule has 180 valence electrons. The molecule has 0 atom stereocenters. The van der Waals surface area contributed by atoms with Crippen LogP contribution in [0.25, 0.3) is 23.0 Å². The minimum absolute atomic E-state index is 0. The van der Waals surface area contributed by atoms with Crippen molar-refractivity contribution >= 4 is 0 Å². The van der Waals surface area contributed by atoms with Gasteiger partial charge in [-0.1, -0.05) is 12.1 Å². The predicted octanol–water partition coefficient (Wildman–Crippen LogP) is -6.21. The summed E-state index contributed by atoms with van der Waals surface area (Å²) < 4.78 is 5.53. The molecule has 0 bridgehead atoms. The quantitative estimate of drug-likeness (QED) is 0.183. The zero-order valence-corrected chi connectivity index (χ0v) is 23.4. The molecule has 0 radical (unpaired) electrons. The van der Waals surface area contributed by atoms with E-state index in [0.29, 0.717) is 0 Å². The number of hydrogen-bond donors (Lipinski definition) is 0. The van der Waals surface area contributed by atoms with Crippen molar-refractivity contribution in [2.75, 3.05) is 0 Å². The summed E-state index contributed by atoms with van der Waals surface area (Å²) in [5.74, 6) is 1.80. The molecule has 0 N–H and O–H groups in total. The first-order valence-corrected chi connectivity index (χ1v) is 9.21. The number of nitrogens with zero attached hydrogens (tertiary/aromatic N) is 9. The maximum absolute atomic E-state index is 4.20. The van der Waals surface area contributed by atoms with Crippen LogP contribution in [0.1, 0.15) is 0 Å². The Kier molecular flexibility index (Phi) is 17.5. The van der Waals surface area contributed by atoms with E-state index in [1.807, 2.05) is 79.1 Å². The van der Waals surface area contributed by atoms with E-state index >= 15 is 0 Å². The van der Waals surface area contributed by atoms with E-state index in [9.17, 15) is 0 Å². The number of aryl methyl sites for hydroxylation is 3. The van der Waals surface area contributed by atoms with Crippen LogP contribution >= 0.6 is 0 Å². The van der Waals surface area contributed by atoms with Gasteiger partial charge in [-0.25, -0.2) is 15.0 Å². The summed E-state index contributed by atoms with van der Waals surface area (Å²) in [7, 11) is 5.74. The van der Waals surface area contributed by atoms with Crippen LogP contribution in [0.3, 0.4) is 0 Å². The van der Waals surface area contributed by atoms with Crippen molar-refractivity contribution < 1.29 is 57.0 Å². The molecule has 9 nitrogen and oxygen atoms in total. The number of hydrogen-bond acceptors (Lipinski definition) is 6. The number of halogens is 3. The van der Waals surface area contributed by atoms with Gasteiger partial charge in [-0.3, -0.25) is 14.6 Å². The van der Waals surface area contributed by atoms with Gasteiger partial charge in [0.1, 0.15) is 24.0 Å². The van der Waals surface area contributed by atoms with Gasteiger partial charge in [0.25, 0.3) is 0 Å². The molecule has 13 heteroatoms. The molecule has 5 aromatic rings. The average Bonchev–Trinajstić information content (AvgIpc) is 3.53. The molecule has 0 aliphatic heterocycles. The first-order chi connectivity index (χ1) is 14.6. The fourth-order valence-electron chi connectivity index (χ4n) is 2.48. The fraction of sp³-hybridized carbons (Fsp3) is 0.143. The van der Waals surface area contributed by atoms with Crippen molar-refractivity contribution in [1.29, 1.82) is 0 Å². The van der Waals surface area contributed by atoms with Gasteiger partial charge in [-0.15, -0.1) is 0 Å². The Hall–Kier alpha value is -2.63. The van der Waals surface area contributed by atoms with Gasteiger partial charge in [-0.05, 0) is 24.3 Å². The summed E-state index contributed by atoms with van der Waals surface area (Å²) in [6, 6.07) is 11.6. The standard InChI is InChI=1S/2C9H9N3.C3H5N3.3ClH.Os/c2*1-12-7-6-11-9(12)8-4-2-3-5-10-8;1-6-3-4-2-5-6;;;;/h2*2-7H,1H3;2-3H,1H3;3*1H;/q;;;;;;+4/p-3. The zero-order valence-electron chi connectivity index (χ0n) is 18.6. The van der Waals surface area contributed by atoms with Crippen molar-refractivity contribution in [3.8, 4) is 23.0 Å². The first-order valence-electron chi connectivity index (χ1n) is 9.21. The van der Waals surface area contributed by atoms with Crippen LogP contribution in [0.15, 0.2) is 86.2 Å². The maximum Gasteiger partial charge on any atom is 4.00 e. The topological polar surface area (TPSA) is 92.1 Å². The normalized spacial score (nSPS) is 8.68. The molecule has 0 spiro atoms. The second kappa shape index (κ2) is 17.8. The number of pyridine rings is 2. The van der Waals surface area contributed by atoms with E-state index in [1.165, 1.54) is 6.33 Å². The van der Waals surface area contributed by atoms with Crippen LogP contribution in [0.5, 0.6) is 0 Å². The molecule has 0 amide bonds. The minimum Gasteiger partial charge on any atom is -1.00 e. The van der Waals surface area contributed by atoms with Crippen molar-refractivity contribution in [2.45, 2.75) is 0 Å². The predicted molar refractivity (Wildman–Crippen MR) is 114 cm³/mol. The largest absolute Gasteiger partial charge is 4.00 e. The Morgan fingerprint density at radius 3 is 1.32 bits per heavy atom. The third kappa shape index (κ3) is 10.1. The summed E-state index contributed by atoms with van der Waals surface area (Å²) in [4.78, 5) is 20.4. The second-order valence-corrected chi connectivity index (χ2v) is 6.22. The van der Waals surface area contributed by atoms with E-state index in [4.69, 9.17) is 0 Å². The molecule has 0 fully saturated rings. The van der Waals surface area contributed by atoms with Gasteiger partial charge in [0, 0.05) is 58.3 Å². The van der Waals surface area contributed by atoms with E-state index in [2.05, 4.69) is 30.0 Å². The summed E-state index contributed by atoms with van der Waals surface area (Å²) in [5, 5.41) is 3.72. The van der Waals surface area contributed by atoms with Gasteiger partial charge in [0.15, 0.2) is 11.6 Å². The molecular weight excluding hydrogens is 675 g/mol. The molecular formula is C21H23Cl3N9Os+. The van der Waals surface area contributed by atoms with Crippen molar-refractivity contribution in [3.05, 3.63) is 86.2 Å². The van der Waals surface area contributed by atoms with Crippen LogP contribution in [0.4, 0.5) is 0 Å². The zero-order chi connectivity index (χ0) is 21.2. The Bertz CT molecular complexity index is 1060. The van der Waals surface area contributed by atoms with E-state index in [0.717, 1.165) is 23.0 Å². The van der Waals surface area contributed by atoms with Gasteiger partial charge in [0.2, 0.25) is 0 Å². The van der Waals surface area contributed by atoms with Crippen LogP contribution < -0.4 is 37.2 Å². The summed E-state index contributed by atoms with van der Waals surface area (Å²) >= 11 is 0. The Labute approximate surface area is 230 Å². The minimum atomic E-state index is 0. The summed E-state index contributed by atoms with van der Waals surface area (Å²) in [6.45, 7) is 0.